The van der Waals surface area contributed by atoms with E-state index in [0.717, 1.165) is 61.9 Å². The second kappa shape index (κ2) is 11.3. The summed E-state index contributed by atoms with van der Waals surface area (Å²) in [6.07, 6.45) is 1.12. The predicted molar refractivity (Wildman–Crippen MR) is 157 cm³/mol. The van der Waals surface area contributed by atoms with Crippen molar-refractivity contribution in [3.05, 3.63) is 76.8 Å². The van der Waals surface area contributed by atoms with Gasteiger partial charge in [0.2, 0.25) is 5.88 Å². The Hall–Kier alpha value is -4.13. The average molecular weight is 589 g/mol. The van der Waals surface area contributed by atoms with Crippen LogP contribution in [0.1, 0.15) is 27.6 Å². The Morgan fingerprint density at radius 3 is 2.64 bits per heavy atom. The highest BCUT2D eigenvalue weighted by Crippen LogP contribution is 2.27. The van der Waals surface area contributed by atoms with Crippen LogP contribution in [0.25, 0.3) is 21.3 Å². The Labute approximate surface area is 244 Å². The van der Waals surface area contributed by atoms with E-state index in [1.165, 1.54) is 17.4 Å². The summed E-state index contributed by atoms with van der Waals surface area (Å²) in [5, 5.41) is 10.2. The summed E-state index contributed by atoms with van der Waals surface area (Å²) in [4.78, 5) is 30.2. The number of piperazine rings is 1. The molecule has 0 bridgehead atoms. The van der Waals surface area contributed by atoms with Gasteiger partial charge in [-0.05, 0) is 42.8 Å². The number of halogens is 1. The van der Waals surface area contributed by atoms with Gasteiger partial charge in [0, 0.05) is 38.9 Å². The van der Waals surface area contributed by atoms with E-state index >= 15 is 0 Å². The minimum absolute atomic E-state index is 0.128. The van der Waals surface area contributed by atoms with Crippen molar-refractivity contribution in [1.29, 1.82) is 0 Å². The van der Waals surface area contributed by atoms with E-state index in [-0.39, 0.29) is 24.1 Å². The summed E-state index contributed by atoms with van der Waals surface area (Å²) < 4.78 is 28.3. The SMILES string of the molecule is O=C(O)c1ccc2nc(CN3CCN(c4cccc(OCc5nc6cccc(F)c6s5)n4)CC3)n(CC3CCO3)c2c1. The summed E-state index contributed by atoms with van der Waals surface area (Å²) >= 11 is 1.29. The molecule has 2 saturated heterocycles. The van der Waals surface area contributed by atoms with Gasteiger partial charge in [-0.25, -0.2) is 19.2 Å². The number of fused-ring (bicyclic) bond motifs is 2. The number of anilines is 1. The molecular formula is C30H29FN6O4S. The van der Waals surface area contributed by atoms with Crippen molar-refractivity contribution in [1.82, 2.24) is 24.4 Å². The van der Waals surface area contributed by atoms with Crippen LogP contribution < -0.4 is 9.64 Å². The molecule has 0 amide bonds. The van der Waals surface area contributed by atoms with Crippen LogP contribution in [0, 0.1) is 5.82 Å². The number of aromatic carboxylic acids is 1. The zero-order valence-corrected chi connectivity index (χ0v) is 23.6. The zero-order chi connectivity index (χ0) is 28.6. The monoisotopic (exact) mass is 588 g/mol. The van der Waals surface area contributed by atoms with Gasteiger partial charge in [0.25, 0.3) is 0 Å². The Bertz CT molecular complexity index is 1760. The van der Waals surface area contributed by atoms with Crippen molar-refractivity contribution < 1.29 is 23.8 Å². The topological polar surface area (TPSA) is 106 Å². The van der Waals surface area contributed by atoms with Crippen LogP contribution in [0.5, 0.6) is 5.88 Å². The van der Waals surface area contributed by atoms with Crippen molar-refractivity contribution >= 4 is 44.4 Å². The molecule has 1 atom stereocenters. The molecule has 42 heavy (non-hydrogen) atoms. The third-order valence-electron chi connectivity index (χ3n) is 7.78. The number of nitrogens with zero attached hydrogens (tertiary/aromatic N) is 6. The fourth-order valence-electron chi connectivity index (χ4n) is 5.42. The molecule has 7 rings (SSSR count). The molecule has 5 aromatic rings. The lowest BCUT2D eigenvalue weighted by Gasteiger charge is -2.35. The number of benzene rings is 2. The van der Waals surface area contributed by atoms with Crippen LogP contribution in [-0.2, 0) is 24.4 Å². The Morgan fingerprint density at radius 1 is 1.05 bits per heavy atom. The van der Waals surface area contributed by atoms with Gasteiger partial charge in [0.15, 0.2) is 0 Å². The maximum absolute atomic E-state index is 14.0. The molecule has 1 N–H and O–H groups in total. The van der Waals surface area contributed by atoms with E-state index in [1.807, 2.05) is 18.2 Å². The second-order valence-corrected chi connectivity index (χ2v) is 11.6. The Balaban J connectivity index is 1.00. The number of carbonyl (C=O) groups is 1. The van der Waals surface area contributed by atoms with Gasteiger partial charge in [-0.1, -0.05) is 12.1 Å². The highest BCUT2D eigenvalue weighted by molar-refractivity contribution is 7.18. The molecule has 3 aromatic heterocycles. The standard InChI is InChI=1S/C30H29FN6O4S/c31-21-3-1-4-23-29(21)42-28(33-23)18-41-27-6-2-5-25(34-27)36-12-10-35(11-13-36)17-26-32-22-8-7-19(30(38)39)15-24(22)37(26)16-20-9-14-40-20/h1-8,15,20H,9-14,16-18H2,(H,38,39). The summed E-state index contributed by atoms with van der Waals surface area (Å²) in [5.74, 6) is 1.05. The highest BCUT2D eigenvalue weighted by Gasteiger charge is 2.25. The molecule has 5 heterocycles. The summed E-state index contributed by atoms with van der Waals surface area (Å²) in [7, 11) is 0. The quantitative estimate of drug-likeness (QED) is 0.265. The van der Waals surface area contributed by atoms with E-state index in [9.17, 15) is 14.3 Å². The lowest BCUT2D eigenvalue weighted by Crippen LogP contribution is -2.46. The fraction of sp³-hybridized carbons (Fsp3) is 0.333. The maximum Gasteiger partial charge on any atom is 0.335 e. The number of carboxylic acid groups (broad SMARTS) is 1. The van der Waals surface area contributed by atoms with Crippen LogP contribution in [-0.4, -0.2) is 74.4 Å². The molecule has 10 nitrogen and oxygen atoms in total. The summed E-state index contributed by atoms with van der Waals surface area (Å²) in [6.45, 7) is 5.56. The zero-order valence-electron chi connectivity index (χ0n) is 22.8. The Kier molecular flexibility index (Phi) is 7.18. The number of imidazole rings is 1. The number of pyridine rings is 1. The fourth-order valence-corrected chi connectivity index (χ4v) is 6.30. The van der Waals surface area contributed by atoms with Gasteiger partial charge in [-0.3, -0.25) is 4.90 Å². The number of ether oxygens (including phenoxy) is 2. The van der Waals surface area contributed by atoms with Gasteiger partial charge in [-0.15, -0.1) is 11.3 Å². The predicted octanol–water partition coefficient (Wildman–Crippen LogP) is 4.57. The van der Waals surface area contributed by atoms with Crippen LogP contribution in [0.4, 0.5) is 10.2 Å². The van der Waals surface area contributed by atoms with Crippen LogP contribution in [0.2, 0.25) is 0 Å². The van der Waals surface area contributed by atoms with E-state index in [0.29, 0.717) is 34.2 Å². The van der Waals surface area contributed by atoms with Crippen molar-refractivity contribution in [2.75, 3.05) is 37.7 Å². The molecule has 2 fully saturated rings. The van der Waals surface area contributed by atoms with Crippen LogP contribution in [0.3, 0.4) is 0 Å². The largest absolute Gasteiger partial charge is 0.478 e. The minimum atomic E-state index is -0.947. The normalized spacial score (nSPS) is 17.5. The van der Waals surface area contributed by atoms with Crippen LogP contribution >= 0.6 is 11.3 Å². The van der Waals surface area contributed by atoms with Crippen LogP contribution in [0.15, 0.2) is 54.6 Å². The molecule has 2 aliphatic rings. The first kappa shape index (κ1) is 26.7. The van der Waals surface area contributed by atoms with Gasteiger partial charge in [-0.2, -0.15) is 4.98 Å². The molecule has 0 saturated carbocycles. The molecule has 0 radical (unpaired) electrons. The van der Waals surface area contributed by atoms with Gasteiger partial charge in [0.05, 0.1) is 46.0 Å². The third-order valence-corrected chi connectivity index (χ3v) is 8.83. The third kappa shape index (κ3) is 5.40. The van der Waals surface area contributed by atoms with E-state index in [2.05, 4.69) is 19.4 Å². The molecule has 216 valence electrons. The van der Waals surface area contributed by atoms with Gasteiger partial charge < -0.3 is 24.0 Å². The van der Waals surface area contributed by atoms with E-state index < -0.39 is 5.97 Å². The molecule has 0 spiro atoms. The average Bonchev–Trinajstić information content (AvgIpc) is 3.55. The molecular weight excluding hydrogens is 559 g/mol. The number of rotatable bonds is 9. The first-order valence-electron chi connectivity index (χ1n) is 14.0. The smallest absolute Gasteiger partial charge is 0.335 e. The number of carboxylic acids is 1. The van der Waals surface area contributed by atoms with Crippen molar-refractivity contribution in [2.45, 2.75) is 32.2 Å². The lowest BCUT2D eigenvalue weighted by atomic mass is 10.1. The molecule has 1 unspecified atom stereocenters. The van der Waals surface area contributed by atoms with Crippen molar-refractivity contribution in [3.63, 3.8) is 0 Å². The second-order valence-electron chi connectivity index (χ2n) is 10.5. The first-order valence-corrected chi connectivity index (χ1v) is 14.8. The first-order chi connectivity index (χ1) is 20.5. The van der Waals surface area contributed by atoms with E-state index in [1.54, 1.807) is 30.3 Å². The number of hydrogen-bond donors (Lipinski definition) is 1. The molecule has 12 heteroatoms. The number of thiazole rings is 1. The van der Waals surface area contributed by atoms with Crippen molar-refractivity contribution in [2.24, 2.45) is 0 Å². The summed E-state index contributed by atoms with van der Waals surface area (Å²) in [6, 6.07) is 15.7. The van der Waals surface area contributed by atoms with Crippen molar-refractivity contribution in [3.8, 4) is 5.88 Å². The Morgan fingerprint density at radius 2 is 1.88 bits per heavy atom. The number of hydrogen-bond acceptors (Lipinski definition) is 9. The highest BCUT2D eigenvalue weighted by atomic mass is 32.1. The minimum Gasteiger partial charge on any atom is -0.478 e. The lowest BCUT2D eigenvalue weighted by molar-refractivity contribution is -0.0592. The molecule has 0 aliphatic carbocycles. The van der Waals surface area contributed by atoms with Gasteiger partial charge in [0.1, 0.15) is 29.1 Å². The number of aromatic nitrogens is 4. The molecule has 2 aromatic carbocycles. The van der Waals surface area contributed by atoms with Gasteiger partial charge >= 0.3 is 5.97 Å². The molecule has 2 aliphatic heterocycles. The maximum atomic E-state index is 14.0. The van der Waals surface area contributed by atoms with E-state index in [4.69, 9.17) is 19.4 Å². The summed E-state index contributed by atoms with van der Waals surface area (Å²) in [5.41, 5.74) is 2.52.